The van der Waals surface area contributed by atoms with Crippen LogP contribution in [0.2, 0.25) is 0 Å². The third-order valence-corrected chi connectivity index (χ3v) is 10.8. The van der Waals surface area contributed by atoms with Gasteiger partial charge in [-0.15, -0.1) is 0 Å². The van der Waals surface area contributed by atoms with E-state index in [1.54, 1.807) is 0 Å². The van der Waals surface area contributed by atoms with E-state index in [1.165, 1.54) is 4.90 Å². The molecule has 4 unspecified atom stereocenters. The molecule has 10 atom stereocenters. The van der Waals surface area contributed by atoms with Gasteiger partial charge in [-0.3, -0.25) is 4.90 Å². The molecule has 0 saturated carbocycles. The van der Waals surface area contributed by atoms with Crippen molar-refractivity contribution in [2.45, 2.75) is 110 Å². The molecule has 2 fully saturated rings. The summed E-state index contributed by atoms with van der Waals surface area (Å²) >= 11 is 0. The lowest BCUT2D eigenvalue weighted by molar-refractivity contribution is -0.343. The quantitative estimate of drug-likeness (QED) is 0.0449. The van der Waals surface area contributed by atoms with Crippen LogP contribution >= 0.6 is 0 Å². The monoisotopic (exact) mass is 778 g/mol. The molecule has 302 valence electrons. The minimum Gasteiger partial charge on any atom is -0.444 e. The number of azide groups is 1. The van der Waals surface area contributed by atoms with Crippen LogP contribution in [0.5, 0.6) is 0 Å². The Labute approximate surface area is 335 Å². The maximum Gasteiger partial charge on any atom is 0.412 e. The normalized spacial score (nSPS) is 27.2. The molecule has 2 aliphatic rings. The van der Waals surface area contributed by atoms with Crippen LogP contribution in [0.15, 0.2) is 126 Å². The number of ether oxygens (including phenoxy) is 7. The van der Waals surface area contributed by atoms with Gasteiger partial charge in [0.2, 0.25) is 0 Å². The lowest BCUT2D eigenvalue weighted by atomic mass is 9.82. The Kier molecular flexibility index (Phi) is 15.5. The highest BCUT2D eigenvalue weighted by molar-refractivity contribution is 5.67. The van der Waals surface area contributed by atoms with Crippen LogP contribution in [0.1, 0.15) is 56.4 Å². The Morgan fingerprint density at radius 2 is 1.19 bits per heavy atom. The van der Waals surface area contributed by atoms with Gasteiger partial charge in [-0.1, -0.05) is 147 Å². The van der Waals surface area contributed by atoms with Crippen molar-refractivity contribution >= 4 is 6.09 Å². The van der Waals surface area contributed by atoms with Crippen molar-refractivity contribution in [1.82, 2.24) is 4.90 Å². The first-order chi connectivity index (χ1) is 27.8. The fraction of sp³-hybridized carbons (Fsp3) is 0.444. The third kappa shape index (κ3) is 11.4. The van der Waals surface area contributed by atoms with Crippen molar-refractivity contribution in [2.75, 3.05) is 6.73 Å². The highest BCUT2D eigenvalue weighted by Gasteiger charge is 2.50. The van der Waals surface area contributed by atoms with Crippen molar-refractivity contribution in [3.8, 4) is 0 Å². The summed E-state index contributed by atoms with van der Waals surface area (Å²) < 4.78 is 45.3. The molecule has 0 bridgehead atoms. The van der Waals surface area contributed by atoms with E-state index >= 15 is 0 Å². The molecule has 12 nitrogen and oxygen atoms in total. The predicted molar refractivity (Wildman–Crippen MR) is 214 cm³/mol. The molecule has 0 N–H and O–H groups in total. The molecule has 57 heavy (non-hydrogen) atoms. The highest BCUT2D eigenvalue weighted by atomic mass is 16.7. The average molecular weight is 779 g/mol. The second-order valence-corrected chi connectivity index (χ2v) is 14.7. The molecular formula is C45H54N4O8. The maximum absolute atomic E-state index is 13.6. The molecule has 0 aromatic heterocycles. The van der Waals surface area contributed by atoms with E-state index < -0.39 is 49.1 Å². The predicted octanol–water partition coefficient (Wildman–Crippen LogP) is 9.19. The topological polar surface area (TPSA) is 134 Å². The van der Waals surface area contributed by atoms with Crippen LogP contribution in [0.4, 0.5) is 4.79 Å². The fourth-order valence-corrected chi connectivity index (χ4v) is 7.38. The smallest absolute Gasteiger partial charge is 0.412 e. The van der Waals surface area contributed by atoms with E-state index in [1.807, 2.05) is 128 Å². The molecule has 12 heteroatoms. The summed E-state index contributed by atoms with van der Waals surface area (Å²) in [5, 5.41) is 4.23. The SMILES string of the molecule is CCC1O[C@@H](OCN(Cc2ccccc2)C(=O)OCc2ccccc2)C(O[C@@H]2OC(C)[C@@H](OCc3ccccc3)[C@H](OCc3ccccc3)C2N=[N+]=[N-])[C@@H](C)[C@@H]1C. The number of hydrogen-bond acceptors (Lipinski definition) is 9. The van der Waals surface area contributed by atoms with Crippen molar-refractivity contribution in [2.24, 2.45) is 17.0 Å². The van der Waals surface area contributed by atoms with Crippen molar-refractivity contribution < 1.29 is 38.0 Å². The zero-order valence-corrected chi connectivity index (χ0v) is 33.1. The number of carbonyl (C=O) groups excluding carboxylic acids is 1. The van der Waals surface area contributed by atoms with E-state index in [-0.39, 0.29) is 44.4 Å². The van der Waals surface area contributed by atoms with Gasteiger partial charge >= 0.3 is 6.09 Å². The van der Waals surface area contributed by atoms with Gasteiger partial charge in [-0.2, -0.15) is 0 Å². The van der Waals surface area contributed by atoms with Gasteiger partial charge in [-0.25, -0.2) is 4.79 Å². The Morgan fingerprint density at radius 3 is 1.74 bits per heavy atom. The van der Waals surface area contributed by atoms with Crippen LogP contribution in [-0.2, 0) is 59.5 Å². The molecular weight excluding hydrogens is 725 g/mol. The van der Waals surface area contributed by atoms with Crippen LogP contribution in [0.3, 0.4) is 0 Å². The standard InChI is InChI=1S/C45H54N4O8/c1-5-38-31(2)32(3)40(44(56-38)54-30-49(26-34-18-10-6-11-19-34)45(50)53-29-37-24-16-9-17-25-37)57-43-39(47-48-46)42(52-28-36-22-14-8-15-23-36)41(33(4)55-43)51-27-35-20-12-7-13-21-35/h6-25,31-33,38-44H,5,26-30H2,1-4H3/t31-,32-,33?,38?,39?,40?,41+,42+,43-,44+/m0/s1. The summed E-state index contributed by atoms with van der Waals surface area (Å²) in [4.78, 5) is 18.4. The molecule has 2 saturated heterocycles. The Balaban J connectivity index is 1.23. The first-order valence-electron chi connectivity index (χ1n) is 19.8. The van der Waals surface area contributed by atoms with Crippen LogP contribution in [0, 0.1) is 11.8 Å². The van der Waals surface area contributed by atoms with Crippen molar-refractivity contribution in [1.29, 1.82) is 0 Å². The van der Waals surface area contributed by atoms with E-state index in [2.05, 4.69) is 30.8 Å². The Bertz CT molecular complexity index is 1840. The molecule has 1 amide bonds. The van der Waals surface area contributed by atoms with Gasteiger partial charge in [0.15, 0.2) is 12.6 Å². The number of benzene rings is 4. The zero-order chi connectivity index (χ0) is 40.0. The first-order valence-corrected chi connectivity index (χ1v) is 19.8. The summed E-state index contributed by atoms with van der Waals surface area (Å²) in [7, 11) is 0. The van der Waals surface area contributed by atoms with Crippen LogP contribution in [0.25, 0.3) is 10.4 Å². The lowest BCUT2D eigenvalue weighted by Crippen LogP contribution is -2.61. The Morgan fingerprint density at radius 1 is 0.667 bits per heavy atom. The summed E-state index contributed by atoms with van der Waals surface area (Å²) in [6.07, 6.45) is -4.34. The molecule has 0 aliphatic carbocycles. The summed E-state index contributed by atoms with van der Waals surface area (Å²) in [6.45, 7) is 9.00. The first kappa shape index (κ1) is 41.8. The minimum atomic E-state index is -1.03. The molecule has 4 aromatic rings. The van der Waals surface area contributed by atoms with Gasteiger partial charge in [0.1, 0.15) is 37.7 Å². The van der Waals surface area contributed by atoms with E-state index in [9.17, 15) is 10.3 Å². The third-order valence-electron chi connectivity index (χ3n) is 10.8. The molecule has 2 aliphatic heterocycles. The van der Waals surface area contributed by atoms with Gasteiger partial charge in [-0.05, 0) is 53.0 Å². The van der Waals surface area contributed by atoms with Crippen LogP contribution < -0.4 is 0 Å². The molecule has 0 spiro atoms. The number of nitrogens with zero attached hydrogens (tertiary/aromatic N) is 4. The molecule has 4 aromatic carbocycles. The number of amides is 1. The summed E-state index contributed by atoms with van der Waals surface area (Å²) in [6, 6.07) is 37.9. The second kappa shape index (κ2) is 21.1. The van der Waals surface area contributed by atoms with E-state index in [4.69, 9.17) is 33.2 Å². The molecule has 6 rings (SSSR count). The molecule has 0 radical (unpaired) electrons. The van der Waals surface area contributed by atoms with Gasteiger partial charge in [0.25, 0.3) is 0 Å². The number of hydrogen-bond donors (Lipinski definition) is 0. The van der Waals surface area contributed by atoms with Crippen molar-refractivity contribution in [3.05, 3.63) is 154 Å². The van der Waals surface area contributed by atoms with Gasteiger partial charge < -0.3 is 33.2 Å². The minimum absolute atomic E-state index is 0.0809. The fourth-order valence-electron chi connectivity index (χ4n) is 7.38. The maximum atomic E-state index is 13.6. The summed E-state index contributed by atoms with van der Waals surface area (Å²) in [5.41, 5.74) is 13.6. The zero-order valence-electron chi connectivity index (χ0n) is 33.1. The summed E-state index contributed by atoms with van der Waals surface area (Å²) in [5.74, 6) is 0.00444. The second-order valence-electron chi connectivity index (χ2n) is 14.7. The molecule has 2 heterocycles. The van der Waals surface area contributed by atoms with E-state index in [0.717, 1.165) is 28.7 Å². The van der Waals surface area contributed by atoms with Crippen LogP contribution in [-0.4, -0.2) is 66.9 Å². The van der Waals surface area contributed by atoms with Crippen molar-refractivity contribution in [3.63, 3.8) is 0 Å². The lowest BCUT2D eigenvalue weighted by Gasteiger charge is -2.48. The number of rotatable bonds is 17. The Hall–Kier alpha value is -4.78. The van der Waals surface area contributed by atoms with Gasteiger partial charge in [0.05, 0.1) is 32.0 Å². The largest absolute Gasteiger partial charge is 0.444 e. The average Bonchev–Trinajstić information content (AvgIpc) is 3.25. The highest BCUT2D eigenvalue weighted by Crippen LogP contribution is 2.38. The van der Waals surface area contributed by atoms with E-state index in [0.29, 0.717) is 6.61 Å². The number of carbonyl (C=O) groups is 1. The van der Waals surface area contributed by atoms with Gasteiger partial charge in [0, 0.05) is 4.91 Å².